The van der Waals surface area contributed by atoms with E-state index >= 15 is 0 Å². The maximum Gasteiger partial charge on any atom is 0.416 e. The second-order valence-electron chi connectivity index (χ2n) is 9.93. The number of nitrogens with one attached hydrogen (secondary N) is 1. The molecule has 45 heavy (non-hydrogen) atoms. The van der Waals surface area contributed by atoms with Crippen molar-refractivity contribution in [1.29, 1.82) is 0 Å². The summed E-state index contributed by atoms with van der Waals surface area (Å²) in [5.74, 6) is -2.92. The Labute approximate surface area is 254 Å². The Morgan fingerprint density at radius 3 is 2.36 bits per heavy atom. The molecule has 1 aromatic carbocycles. The van der Waals surface area contributed by atoms with Crippen molar-refractivity contribution in [2.24, 2.45) is 0 Å². The summed E-state index contributed by atoms with van der Waals surface area (Å²) in [7, 11) is 0. The third-order valence-electron chi connectivity index (χ3n) is 5.42. The van der Waals surface area contributed by atoms with E-state index in [1.165, 1.54) is 62.0 Å². The van der Waals surface area contributed by atoms with Crippen LogP contribution in [0.3, 0.4) is 0 Å². The number of nitrogens with zero attached hydrogens (tertiary/aromatic N) is 5. The highest BCUT2D eigenvalue weighted by molar-refractivity contribution is 6.06. The molecule has 2 N–H and O–H groups in total. The average Bonchev–Trinajstić information content (AvgIpc) is 3.64. The average molecular weight is 631 g/mol. The summed E-state index contributed by atoms with van der Waals surface area (Å²) >= 11 is 0. The van der Waals surface area contributed by atoms with E-state index < -0.39 is 47.8 Å². The van der Waals surface area contributed by atoms with Gasteiger partial charge in [0.1, 0.15) is 30.5 Å². The molecule has 2 amide bonds. The molecule has 0 radical (unpaired) electrons. The van der Waals surface area contributed by atoms with Gasteiger partial charge in [-0.3, -0.25) is 14.5 Å². The molecule has 13 nitrogen and oxygen atoms in total. The fourth-order valence-electron chi connectivity index (χ4n) is 3.59. The number of halogens is 3. The first-order valence-electron chi connectivity index (χ1n) is 13.3. The standard InChI is InChI=1S/C27H23F3N6O7.C2H6/c1-26(2,3)43-25(41)35(14-27(28,29)30)20-10-16(8-9-31-20)23-33-19(13-42-23)22(38)32-18-11-36(34-21(18)24(39)40)17-6-4-15(12-37)5-7-17;1-2/h4-13H,14H2,1-3H3,(H,32,38)(H,39,40);1-2H3. The molecule has 0 saturated carbocycles. The quantitative estimate of drug-likeness (QED) is 0.220. The summed E-state index contributed by atoms with van der Waals surface area (Å²) in [6.07, 6.45) is -2.09. The number of hydrogen-bond donors (Lipinski definition) is 2. The largest absolute Gasteiger partial charge is 0.476 e. The molecule has 0 aliphatic heterocycles. The fourth-order valence-corrected chi connectivity index (χ4v) is 3.59. The topological polar surface area (TPSA) is 170 Å². The Balaban J connectivity index is 0.00000271. The summed E-state index contributed by atoms with van der Waals surface area (Å²) in [6.45, 7) is 6.81. The minimum Gasteiger partial charge on any atom is -0.476 e. The molecular weight excluding hydrogens is 601 g/mol. The molecule has 0 aliphatic carbocycles. The Morgan fingerprint density at radius 1 is 1.11 bits per heavy atom. The van der Waals surface area contributed by atoms with Crippen LogP contribution in [0.4, 0.5) is 29.5 Å². The number of carbonyl (C=O) groups is 4. The Hall–Kier alpha value is -5.54. The number of rotatable bonds is 8. The van der Waals surface area contributed by atoms with Gasteiger partial charge < -0.3 is 19.6 Å². The molecular formula is C29H29F3N6O7. The van der Waals surface area contributed by atoms with Gasteiger partial charge in [-0.2, -0.15) is 18.3 Å². The van der Waals surface area contributed by atoms with Crippen LogP contribution in [0.1, 0.15) is 66.0 Å². The molecule has 238 valence electrons. The third-order valence-corrected chi connectivity index (χ3v) is 5.42. The number of carboxylic acids is 1. The van der Waals surface area contributed by atoms with Crippen LogP contribution in [-0.2, 0) is 4.74 Å². The Morgan fingerprint density at radius 2 is 1.78 bits per heavy atom. The molecule has 0 spiro atoms. The number of aldehydes is 1. The van der Waals surface area contributed by atoms with Gasteiger partial charge in [0.05, 0.1) is 17.6 Å². The van der Waals surface area contributed by atoms with E-state index in [0.29, 0.717) is 22.4 Å². The van der Waals surface area contributed by atoms with E-state index in [1.54, 1.807) is 0 Å². The Kier molecular flexibility index (Phi) is 10.4. The van der Waals surface area contributed by atoms with Gasteiger partial charge in [0.25, 0.3) is 5.91 Å². The first-order chi connectivity index (χ1) is 21.1. The molecule has 0 unspecified atom stereocenters. The molecule has 0 atom stereocenters. The predicted octanol–water partition coefficient (Wildman–Crippen LogP) is 6.02. The second-order valence-corrected chi connectivity index (χ2v) is 9.93. The minimum absolute atomic E-state index is 0.0811. The number of hydrogen-bond acceptors (Lipinski definition) is 9. The highest BCUT2D eigenvalue weighted by Gasteiger charge is 2.36. The van der Waals surface area contributed by atoms with Crippen LogP contribution in [0.2, 0.25) is 0 Å². The van der Waals surface area contributed by atoms with E-state index in [-0.39, 0.29) is 22.8 Å². The van der Waals surface area contributed by atoms with Gasteiger partial charge in [-0.05, 0) is 57.2 Å². The molecule has 0 aliphatic rings. The van der Waals surface area contributed by atoms with Crippen LogP contribution >= 0.6 is 0 Å². The minimum atomic E-state index is -4.77. The molecule has 0 bridgehead atoms. The Bertz CT molecular complexity index is 1670. The van der Waals surface area contributed by atoms with Crippen molar-refractivity contribution >= 4 is 35.8 Å². The van der Waals surface area contributed by atoms with Crippen LogP contribution in [-0.4, -0.2) is 67.4 Å². The van der Waals surface area contributed by atoms with Crippen molar-refractivity contribution < 1.29 is 46.6 Å². The third kappa shape index (κ3) is 8.98. The lowest BCUT2D eigenvalue weighted by atomic mass is 10.2. The van der Waals surface area contributed by atoms with E-state index in [2.05, 4.69) is 20.4 Å². The molecule has 4 rings (SSSR count). The van der Waals surface area contributed by atoms with Crippen molar-refractivity contribution in [2.45, 2.75) is 46.4 Å². The zero-order chi connectivity index (χ0) is 33.5. The number of ether oxygens (including phenoxy) is 1. The molecule has 0 saturated heterocycles. The lowest BCUT2D eigenvalue weighted by molar-refractivity contribution is -0.119. The lowest BCUT2D eigenvalue weighted by Crippen LogP contribution is -2.42. The van der Waals surface area contributed by atoms with Crippen molar-refractivity contribution in [3.63, 3.8) is 0 Å². The number of pyridine rings is 1. The van der Waals surface area contributed by atoms with Gasteiger partial charge in [-0.25, -0.2) is 24.2 Å². The number of benzene rings is 1. The highest BCUT2D eigenvalue weighted by atomic mass is 19.4. The van der Waals surface area contributed by atoms with Crippen molar-refractivity contribution in [3.05, 3.63) is 72.0 Å². The summed E-state index contributed by atoms with van der Waals surface area (Å²) < 4.78 is 51.5. The second kappa shape index (κ2) is 13.8. The fraction of sp³-hybridized carbons (Fsp3) is 0.276. The first-order valence-corrected chi connectivity index (χ1v) is 13.3. The van der Waals surface area contributed by atoms with Crippen LogP contribution < -0.4 is 10.2 Å². The van der Waals surface area contributed by atoms with Crippen molar-refractivity contribution in [2.75, 3.05) is 16.8 Å². The number of aromatic nitrogens is 4. The number of carbonyl (C=O) groups excluding carboxylic acids is 3. The summed E-state index contributed by atoms with van der Waals surface area (Å²) in [4.78, 5) is 56.3. The summed E-state index contributed by atoms with van der Waals surface area (Å²) in [5, 5.41) is 15.9. The van der Waals surface area contributed by atoms with E-state index in [4.69, 9.17) is 9.15 Å². The van der Waals surface area contributed by atoms with Crippen LogP contribution in [0.25, 0.3) is 17.1 Å². The number of oxazole rings is 1. The highest BCUT2D eigenvalue weighted by Crippen LogP contribution is 2.27. The van der Waals surface area contributed by atoms with Crippen molar-refractivity contribution in [1.82, 2.24) is 19.7 Å². The molecule has 16 heteroatoms. The van der Waals surface area contributed by atoms with E-state index in [0.717, 1.165) is 18.5 Å². The summed E-state index contributed by atoms with van der Waals surface area (Å²) in [6, 6.07) is 8.49. The smallest absolute Gasteiger partial charge is 0.416 e. The van der Waals surface area contributed by atoms with Crippen LogP contribution in [0.15, 0.2) is 59.5 Å². The monoisotopic (exact) mass is 630 g/mol. The molecule has 0 fully saturated rings. The van der Waals surface area contributed by atoms with Crippen LogP contribution in [0, 0.1) is 0 Å². The lowest BCUT2D eigenvalue weighted by Gasteiger charge is -2.27. The zero-order valence-corrected chi connectivity index (χ0v) is 24.7. The molecule has 3 heterocycles. The van der Waals surface area contributed by atoms with Crippen LogP contribution in [0.5, 0.6) is 0 Å². The number of aromatic carboxylic acids is 1. The van der Waals surface area contributed by atoms with Gasteiger partial charge in [0.15, 0.2) is 11.4 Å². The predicted molar refractivity (Wildman–Crippen MR) is 155 cm³/mol. The van der Waals surface area contributed by atoms with E-state index in [1.807, 2.05) is 13.8 Å². The number of amides is 2. The normalized spacial score (nSPS) is 11.2. The SMILES string of the molecule is CC.CC(C)(C)OC(=O)N(CC(F)(F)F)c1cc(-c2nc(C(=O)Nc3cn(-c4ccc(C=O)cc4)nc3C(=O)O)co2)ccn1. The van der Waals surface area contributed by atoms with Gasteiger partial charge in [-0.15, -0.1) is 0 Å². The molecule has 4 aromatic rings. The maximum atomic E-state index is 13.3. The summed E-state index contributed by atoms with van der Waals surface area (Å²) in [5.41, 5.74) is -1.15. The first kappa shape index (κ1) is 34.0. The van der Waals surface area contributed by atoms with E-state index in [9.17, 15) is 37.5 Å². The van der Waals surface area contributed by atoms with Gasteiger partial charge in [0, 0.05) is 17.3 Å². The number of alkyl halides is 3. The van der Waals surface area contributed by atoms with Gasteiger partial charge >= 0.3 is 18.2 Å². The number of carboxylic acid groups (broad SMARTS) is 1. The number of anilines is 2. The zero-order valence-electron chi connectivity index (χ0n) is 24.7. The van der Waals surface area contributed by atoms with Crippen molar-refractivity contribution in [3.8, 4) is 17.1 Å². The van der Waals surface area contributed by atoms with Gasteiger partial charge in [-0.1, -0.05) is 13.8 Å². The molecule has 3 aromatic heterocycles. The van der Waals surface area contributed by atoms with Gasteiger partial charge in [0.2, 0.25) is 5.89 Å². The maximum absolute atomic E-state index is 13.3.